The molecule has 0 saturated carbocycles. The Balaban J connectivity index is 1.87. The molecule has 0 bridgehead atoms. The van der Waals surface area contributed by atoms with E-state index in [1.54, 1.807) is 31.2 Å². The van der Waals surface area contributed by atoms with Crippen LogP contribution in [-0.4, -0.2) is 18.5 Å². The molecule has 0 saturated heterocycles. The van der Waals surface area contributed by atoms with Crippen LogP contribution in [0.4, 0.5) is 5.00 Å². The van der Waals surface area contributed by atoms with Crippen LogP contribution < -0.4 is 5.32 Å². The highest BCUT2D eigenvalue weighted by Crippen LogP contribution is 2.36. The van der Waals surface area contributed by atoms with Gasteiger partial charge in [0.05, 0.1) is 6.61 Å². The number of esters is 1. The van der Waals surface area contributed by atoms with Crippen molar-refractivity contribution in [1.29, 1.82) is 0 Å². The second-order valence-corrected chi connectivity index (χ2v) is 7.17. The largest absolute Gasteiger partial charge is 0.462 e. The summed E-state index contributed by atoms with van der Waals surface area (Å²) in [5.74, 6) is 0.473. The first kappa shape index (κ1) is 19.9. The molecule has 2 heterocycles. The molecule has 0 aliphatic rings. The van der Waals surface area contributed by atoms with Gasteiger partial charge in [0.2, 0.25) is 5.91 Å². The minimum atomic E-state index is -0.491. The molecule has 144 valence electrons. The number of thiophene rings is 1. The quantitative estimate of drug-likeness (QED) is 0.408. The van der Waals surface area contributed by atoms with Gasteiger partial charge < -0.3 is 14.5 Å². The molecule has 2 aromatic heterocycles. The summed E-state index contributed by atoms with van der Waals surface area (Å²) in [6.07, 6.45) is 2.93. The standard InChI is InChI=1S/C21H18ClNO4S/c1-3-26-21(25)19-17(14-5-7-15(22)8-6-14)12-28-20(19)23-18(24)11-10-16-9-4-13(2)27-16/h4-12H,3H2,1-2H3,(H,23,24)/b11-10+. The number of hydrogen-bond acceptors (Lipinski definition) is 5. The van der Waals surface area contributed by atoms with Crippen LogP contribution in [0, 0.1) is 6.92 Å². The van der Waals surface area contributed by atoms with Crippen molar-refractivity contribution in [3.8, 4) is 11.1 Å². The summed E-state index contributed by atoms with van der Waals surface area (Å²) < 4.78 is 10.6. The molecule has 28 heavy (non-hydrogen) atoms. The fourth-order valence-electron chi connectivity index (χ4n) is 2.55. The average molecular weight is 416 g/mol. The maximum Gasteiger partial charge on any atom is 0.341 e. The highest BCUT2D eigenvalue weighted by molar-refractivity contribution is 7.15. The lowest BCUT2D eigenvalue weighted by Crippen LogP contribution is -2.12. The minimum Gasteiger partial charge on any atom is -0.462 e. The lowest BCUT2D eigenvalue weighted by atomic mass is 10.0. The molecule has 1 amide bonds. The van der Waals surface area contributed by atoms with Crippen LogP contribution >= 0.6 is 22.9 Å². The summed E-state index contributed by atoms with van der Waals surface area (Å²) in [6, 6.07) is 10.7. The fourth-order valence-corrected chi connectivity index (χ4v) is 3.64. The van der Waals surface area contributed by atoms with E-state index in [9.17, 15) is 9.59 Å². The number of ether oxygens (including phenoxy) is 1. The van der Waals surface area contributed by atoms with E-state index in [0.717, 1.165) is 11.3 Å². The van der Waals surface area contributed by atoms with Gasteiger partial charge in [0.1, 0.15) is 22.1 Å². The van der Waals surface area contributed by atoms with Crippen LogP contribution in [0.2, 0.25) is 5.02 Å². The second kappa shape index (κ2) is 8.91. The predicted octanol–water partition coefficient (Wildman–Crippen LogP) is 5.80. The number of amides is 1. The maximum absolute atomic E-state index is 12.5. The van der Waals surface area contributed by atoms with Crippen molar-refractivity contribution in [3.63, 3.8) is 0 Å². The zero-order chi connectivity index (χ0) is 20.1. The molecule has 0 radical (unpaired) electrons. The summed E-state index contributed by atoms with van der Waals surface area (Å²) >= 11 is 7.21. The Morgan fingerprint density at radius 3 is 2.61 bits per heavy atom. The predicted molar refractivity (Wildman–Crippen MR) is 112 cm³/mol. The molecule has 3 rings (SSSR count). The Morgan fingerprint density at radius 1 is 1.21 bits per heavy atom. The van der Waals surface area contributed by atoms with Crippen LogP contribution in [0.5, 0.6) is 0 Å². The Hall–Kier alpha value is -2.83. The fraction of sp³-hybridized carbons (Fsp3) is 0.143. The van der Waals surface area contributed by atoms with Crippen molar-refractivity contribution in [1.82, 2.24) is 0 Å². The summed E-state index contributed by atoms with van der Waals surface area (Å²) in [4.78, 5) is 24.8. The van der Waals surface area contributed by atoms with Gasteiger partial charge in [-0.05, 0) is 49.8 Å². The van der Waals surface area contributed by atoms with Crippen LogP contribution in [-0.2, 0) is 9.53 Å². The van der Waals surface area contributed by atoms with Crippen molar-refractivity contribution in [2.24, 2.45) is 0 Å². The van der Waals surface area contributed by atoms with Crippen LogP contribution in [0.25, 0.3) is 17.2 Å². The molecule has 3 aromatic rings. The number of hydrogen-bond donors (Lipinski definition) is 1. The second-order valence-electron chi connectivity index (χ2n) is 5.85. The van der Waals surface area contributed by atoms with Gasteiger partial charge in [0.15, 0.2) is 0 Å². The van der Waals surface area contributed by atoms with Crippen molar-refractivity contribution >= 4 is 45.9 Å². The highest BCUT2D eigenvalue weighted by atomic mass is 35.5. The zero-order valence-corrected chi connectivity index (χ0v) is 16.9. The Bertz CT molecular complexity index is 1020. The van der Waals surface area contributed by atoms with E-state index in [1.807, 2.05) is 30.5 Å². The summed E-state index contributed by atoms with van der Waals surface area (Å²) in [5, 5.41) is 5.59. The molecule has 1 N–H and O–H groups in total. The number of anilines is 1. The van der Waals surface area contributed by atoms with E-state index in [-0.39, 0.29) is 12.5 Å². The third-order valence-corrected chi connectivity index (χ3v) is 4.97. The first-order valence-corrected chi connectivity index (χ1v) is 9.83. The van der Waals surface area contributed by atoms with E-state index < -0.39 is 5.97 Å². The average Bonchev–Trinajstić information content (AvgIpc) is 3.27. The topological polar surface area (TPSA) is 68.5 Å². The lowest BCUT2D eigenvalue weighted by molar-refractivity contribution is -0.111. The van der Waals surface area contributed by atoms with Gasteiger partial charge in [-0.15, -0.1) is 11.3 Å². The molecular weight excluding hydrogens is 398 g/mol. The lowest BCUT2D eigenvalue weighted by Gasteiger charge is -2.08. The molecule has 0 atom stereocenters. The van der Waals surface area contributed by atoms with E-state index in [1.165, 1.54) is 17.4 Å². The zero-order valence-electron chi connectivity index (χ0n) is 15.3. The summed E-state index contributed by atoms with van der Waals surface area (Å²) in [7, 11) is 0. The summed E-state index contributed by atoms with van der Waals surface area (Å²) in [5.41, 5.74) is 1.82. The van der Waals surface area contributed by atoms with E-state index in [2.05, 4.69) is 5.32 Å². The van der Waals surface area contributed by atoms with Gasteiger partial charge in [-0.2, -0.15) is 0 Å². The van der Waals surface area contributed by atoms with Gasteiger partial charge in [-0.3, -0.25) is 4.79 Å². The van der Waals surface area contributed by atoms with Gasteiger partial charge in [0, 0.05) is 22.0 Å². The summed E-state index contributed by atoms with van der Waals surface area (Å²) in [6.45, 7) is 3.80. The molecule has 0 unspecified atom stereocenters. The van der Waals surface area contributed by atoms with Crippen LogP contribution in [0.1, 0.15) is 28.8 Å². The number of furan rings is 1. The number of halogens is 1. The van der Waals surface area contributed by atoms with Gasteiger partial charge >= 0.3 is 5.97 Å². The third-order valence-electron chi connectivity index (χ3n) is 3.82. The number of nitrogens with one attached hydrogen (secondary N) is 1. The number of benzene rings is 1. The van der Waals surface area contributed by atoms with Crippen molar-refractivity contribution in [2.45, 2.75) is 13.8 Å². The molecule has 0 spiro atoms. The van der Waals surface area contributed by atoms with Crippen molar-refractivity contribution in [2.75, 3.05) is 11.9 Å². The van der Waals surface area contributed by atoms with E-state index in [0.29, 0.717) is 26.9 Å². The molecule has 0 fully saturated rings. The number of rotatable bonds is 6. The molecule has 5 nitrogen and oxygen atoms in total. The maximum atomic E-state index is 12.5. The first-order valence-electron chi connectivity index (χ1n) is 8.58. The Morgan fingerprint density at radius 2 is 1.96 bits per heavy atom. The van der Waals surface area contributed by atoms with E-state index in [4.69, 9.17) is 20.8 Å². The molecular formula is C21H18ClNO4S. The molecule has 0 aliphatic heterocycles. The van der Waals surface area contributed by atoms with Crippen LogP contribution in [0.3, 0.4) is 0 Å². The van der Waals surface area contributed by atoms with Gasteiger partial charge in [-0.25, -0.2) is 4.79 Å². The molecule has 1 aromatic carbocycles. The van der Waals surface area contributed by atoms with Crippen molar-refractivity contribution < 1.29 is 18.7 Å². The number of carbonyl (C=O) groups excluding carboxylic acids is 2. The van der Waals surface area contributed by atoms with E-state index >= 15 is 0 Å². The number of carbonyl (C=O) groups is 2. The third kappa shape index (κ3) is 4.71. The normalized spacial score (nSPS) is 11.0. The monoisotopic (exact) mass is 415 g/mol. The minimum absolute atomic E-state index is 0.236. The van der Waals surface area contributed by atoms with Crippen LogP contribution in [0.15, 0.2) is 52.3 Å². The molecule has 0 aliphatic carbocycles. The Kier molecular flexibility index (Phi) is 6.34. The van der Waals surface area contributed by atoms with Crippen molar-refractivity contribution in [3.05, 3.63) is 70.0 Å². The van der Waals surface area contributed by atoms with Gasteiger partial charge in [-0.1, -0.05) is 23.7 Å². The number of aryl methyl sites for hydroxylation is 1. The van der Waals surface area contributed by atoms with Gasteiger partial charge in [0.25, 0.3) is 0 Å². The molecule has 7 heteroatoms. The Labute approximate surface area is 171 Å². The first-order chi connectivity index (χ1) is 13.5. The highest BCUT2D eigenvalue weighted by Gasteiger charge is 2.22. The SMILES string of the molecule is CCOC(=O)c1c(-c2ccc(Cl)cc2)csc1NC(=O)/C=C/c1ccc(C)o1. The smallest absolute Gasteiger partial charge is 0.341 e.